The number of nitrogens with zero attached hydrogens (tertiary/aromatic N) is 3. The Bertz CT molecular complexity index is 899. The van der Waals surface area contributed by atoms with Gasteiger partial charge in [-0.25, -0.2) is 8.78 Å². The minimum absolute atomic E-state index is 0.159. The van der Waals surface area contributed by atoms with Crippen LogP contribution in [0.2, 0.25) is 0 Å². The Morgan fingerprint density at radius 1 is 1.10 bits per heavy atom. The van der Waals surface area contributed by atoms with Gasteiger partial charge in [-0.1, -0.05) is 36.4 Å². The standard InChI is InChI=1S/C20H19F2N3O4/c1-23(11-10-15-6-3-2-4-7-15)20(27)19(25(28)29)13-24(14-26)12-16-17(21)8-5-9-18(16)22/h2-9,13-14H,10-12H2,1H3/b19-13+. The Morgan fingerprint density at radius 3 is 2.28 bits per heavy atom. The van der Waals surface area contributed by atoms with E-state index in [0.717, 1.165) is 28.7 Å². The average Bonchev–Trinajstić information content (AvgIpc) is 2.71. The van der Waals surface area contributed by atoms with Crippen LogP contribution in [0.1, 0.15) is 11.1 Å². The van der Waals surface area contributed by atoms with Gasteiger partial charge in [0, 0.05) is 19.2 Å². The molecule has 0 saturated carbocycles. The molecule has 0 aromatic heterocycles. The lowest BCUT2D eigenvalue weighted by atomic mass is 10.1. The highest BCUT2D eigenvalue weighted by Gasteiger charge is 2.27. The number of likely N-dealkylation sites (N-methyl/N-ethyl adjacent to an activating group) is 1. The molecule has 0 heterocycles. The summed E-state index contributed by atoms with van der Waals surface area (Å²) in [6.07, 6.45) is 1.32. The van der Waals surface area contributed by atoms with Gasteiger partial charge in [-0.05, 0) is 24.1 Å². The first-order valence-electron chi connectivity index (χ1n) is 8.63. The van der Waals surface area contributed by atoms with E-state index in [1.54, 1.807) is 0 Å². The Hall–Kier alpha value is -3.62. The van der Waals surface area contributed by atoms with Gasteiger partial charge in [-0.3, -0.25) is 19.7 Å². The Kier molecular flexibility index (Phi) is 7.53. The third kappa shape index (κ3) is 5.93. The van der Waals surface area contributed by atoms with Crippen molar-refractivity contribution in [3.05, 3.63) is 93.3 Å². The van der Waals surface area contributed by atoms with Crippen molar-refractivity contribution >= 4 is 12.3 Å². The van der Waals surface area contributed by atoms with Crippen molar-refractivity contribution in [1.82, 2.24) is 9.80 Å². The second kappa shape index (κ2) is 10.1. The molecule has 9 heteroatoms. The number of benzene rings is 2. The van der Waals surface area contributed by atoms with Gasteiger partial charge < -0.3 is 9.80 Å². The van der Waals surface area contributed by atoms with E-state index < -0.39 is 40.3 Å². The SMILES string of the molecule is CN(CCc1ccccc1)C(=O)/C(=C\N(C=O)Cc1c(F)cccc1F)[N+](=O)[O-]. The van der Waals surface area contributed by atoms with E-state index in [0.29, 0.717) is 17.5 Å². The van der Waals surface area contributed by atoms with Crippen molar-refractivity contribution in [2.45, 2.75) is 13.0 Å². The zero-order chi connectivity index (χ0) is 21.4. The Labute approximate surface area is 166 Å². The topological polar surface area (TPSA) is 83.8 Å². The highest BCUT2D eigenvalue weighted by atomic mass is 19.1. The molecule has 0 aliphatic rings. The summed E-state index contributed by atoms with van der Waals surface area (Å²) in [6.45, 7) is -0.391. The minimum Gasteiger partial charge on any atom is -0.336 e. The molecular formula is C20H19F2N3O4. The maximum Gasteiger partial charge on any atom is 0.349 e. The molecule has 29 heavy (non-hydrogen) atoms. The van der Waals surface area contributed by atoms with Crippen molar-refractivity contribution in [3.8, 4) is 0 Å². The summed E-state index contributed by atoms with van der Waals surface area (Å²) in [5.74, 6) is -2.73. The highest BCUT2D eigenvalue weighted by Crippen LogP contribution is 2.15. The number of hydrogen-bond donors (Lipinski definition) is 0. The van der Waals surface area contributed by atoms with Gasteiger partial charge in [0.2, 0.25) is 6.41 Å². The van der Waals surface area contributed by atoms with Crippen LogP contribution in [0.15, 0.2) is 60.4 Å². The normalized spacial score (nSPS) is 11.1. The predicted molar refractivity (Wildman–Crippen MR) is 101 cm³/mol. The molecule has 0 atom stereocenters. The van der Waals surface area contributed by atoms with Crippen molar-refractivity contribution < 1.29 is 23.3 Å². The summed E-state index contributed by atoms with van der Waals surface area (Å²) in [4.78, 5) is 36.0. The number of halogens is 2. The first-order valence-corrected chi connectivity index (χ1v) is 8.63. The largest absolute Gasteiger partial charge is 0.349 e. The van der Waals surface area contributed by atoms with E-state index in [1.807, 2.05) is 30.3 Å². The van der Waals surface area contributed by atoms with Gasteiger partial charge in [0.1, 0.15) is 11.6 Å². The number of nitro groups is 1. The summed E-state index contributed by atoms with van der Waals surface area (Å²) in [6, 6.07) is 12.4. The molecule has 0 saturated heterocycles. The zero-order valence-electron chi connectivity index (χ0n) is 15.6. The van der Waals surface area contributed by atoms with Crippen LogP contribution in [-0.4, -0.2) is 40.6 Å². The Balaban J connectivity index is 2.16. The average molecular weight is 403 g/mol. The van der Waals surface area contributed by atoms with Crippen molar-refractivity contribution in [1.29, 1.82) is 0 Å². The van der Waals surface area contributed by atoms with Crippen LogP contribution in [0.25, 0.3) is 0 Å². The predicted octanol–water partition coefficient (Wildman–Crippen LogP) is 2.74. The summed E-state index contributed by atoms with van der Waals surface area (Å²) in [7, 11) is 1.39. The van der Waals surface area contributed by atoms with Gasteiger partial charge in [0.25, 0.3) is 0 Å². The lowest BCUT2D eigenvalue weighted by Gasteiger charge is -2.17. The molecule has 2 rings (SSSR count). The fourth-order valence-corrected chi connectivity index (χ4v) is 2.56. The summed E-state index contributed by atoms with van der Waals surface area (Å²) in [5, 5.41) is 11.4. The van der Waals surface area contributed by atoms with Crippen LogP contribution in [0.5, 0.6) is 0 Å². The molecule has 7 nitrogen and oxygen atoms in total. The molecule has 0 spiro atoms. The molecule has 2 aromatic rings. The van der Waals surface area contributed by atoms with Gasteiger partial charge in [-0.2, -0.15) is 0 Å². The summed E-state index contributed by atoms with van der Waals surface area (Å²) < 4.78 is 27.6. The minimum atomic E-state index is -0.935. The molecule has 0 fully saturated rings. The fourth-order valence-electron chi connectivity index (χ4n) is 2.56. The van der Waals surface area contributed by atoms with E-state index >= 15 is 0 Å². The van der Waals surface area contributed by atoms with Crippen LogP contribution >= 0.6 is 0 Å². The maximum atomic E-state index is 13.8. The highest BCUT2D eigenvalue weighted by molar-refractivity contribution is 5.91. The molecule has 2 amide bonds. The molecule has 0 N–H and O–H groups in total. The van der Waals surface area contributed by atoms with Gasteiger partial charge in [-0.15, -0.1) is 0 Å². The van der Waals surface area contributed by atoms with Gasteiger partial charge in [0.15, 0.2) is 0 Å². The number of carbonyl (C=O) groups is 2. The Morgan fingerprint density at radius 2 is 1.72 bits per heavy atom. The number of carbonyl (C=O) groups excluding carboxylic acids is 2. The van der Waals surface area contributed by atoms with E-state index in [9.17, 15) is 28.5 Å². The van der Waals surface area contributed by atoms with Gasteiger partial charge in [0.05, 0.1) is 17.7 Å². The molecule has 2 aromatic carbocycles. The van der Waals surface area contributed by atoms with E-state index in [2.05, 4.69) is 0 Å². The van der Waals surface area contributed by atoms with Crippen LogP contribution in [0.3, 0.4) is 0 Å². The van der Waals surface area contributed by atoms with Crippen LogP contribution in [0.4, 0.5) is 8.78 Å². The lowest BCUT2D eigenvalue weighted by Crippen LogP contribution is -2.33. The second-order valence-corrected chi connectivity index (χ2v) is 6.21. The van der Waals surface area contributed by atoms with Crippen molar-refractivity contribution in [2.24, 2.45) is 0 Å². The van der Waals surface area contributed by atoms with Crippen LogP contribution in [0, 0.1) is 21.7 Å². The number of amides is 2. The molecular weight excluding hydrogens is 384 g/mol. The first kappa shape index (κ1) is 21.7. The van der Waals surface area contributed by atoms with Crippen molar-refractivity contribution in [3.63, 3.8) is 0 Å². The lowest BCUT2D eigenvalue weighted by molar-refractivity contribution is -0.420. The molecule has 0 unspecified atom stereocenters. The van der Waals surface area contributed by atoms with E-state index in [4.69, 9.17) is 0 Å². The van der Waals surface area contributed by atoms with Crippen LogP contribution in [-0.2, 0) is 22.6 Å². The quantitative estimate of drug-likeness (QED) is 0.279. The zero-order valence-corrected chi connectivity index (χ0v) is 15.6. The second-order valence-electron chi connectivity index (χ2n) is 6.21. The molecule has 0 aliphatic heterocycles. The first-order chi connectivity index (χ1) is 13.8. The molecule has 0 bridgehead atoms. The van der Waals surface area contributed by atoms with E-state index in [1.165, 1.54) is 7.05 Å². The maximum absolute atomic E-state index is 13.8. The molecule has 0 radical (unpaired) electrons. The third-order valence-corrected chi connectivity index (χ3v) is 4.17. The third-order valence-electron chi connectivity index (χ3n) is 4.17. The fraction of sp³-hybridized carbons (Fsp3) is 0.200. The number of hydrogen-bond acceptors (Lipinski definition) is 4. The molecule has 152 valence electrons. The summed E-state index contributed by atoms with van der Waals surface area (Å²) >= 11 is 0. The molecule has 0 aliphatic carbocycles. The summed E-state index contributed by atoms with van der Waals surface area (Å²) in [5.41, 5.74) is -0.379. The smallest absolute Gasteiger partial charge is 0.336 e. The van der Waals surface area contributed by atoms with Gasteiger partial charge >= 0.3 is 11.6 Å². The van der Waals surface area contributed by atoms with Crippen LogP contribution < -0.4 is 0 Å². The monoisotopic (exact) mass is 403 g/mol. The van der Waals surface area contributed by atoms with E-state index in [-0.39, 0.29) is 13.0 Å². The van der Waals surface area contributed by atoms with Crippen molar-refractivity contribution in [2.75, 3.05) is 13.6 Å². The number of rotatable bonds is 9.